The van der Waals surface area contributed by atoms with E-state index in [0.717, 1.165) is 10.3 Å². The highest BCUT2D eigenvalue weighted by molar-refractivity contribution is 7.92. The van der Waals surface area contributed by atoms with Gasteiger partial charge >= 0.3 is 0 Å². The summed E-state index contributed by atoms with van der Waals surface area (Å²) in [6, 6.07) is 1.70. The average molecular weight is 492 g/mol. The topological polar surface area (TPSA) is 105 Å². The van der Waals surface area contributed by atoms with Crippen LogP contribution in [0.1, 0.15) is 18.2 Å². The Kier molecular flexibility index (Phi) is 8.11. The number of nitrogens with zero attached hydrogens (tertiary/aromatic N) is 2. The van der Waals surface area contributed by atoms with Crippen molar-refractivity contribution in [1.82, 2.24) is 14.5 Å². The predicted molar refractivity (Wildman–Crippen MR) is 118 cm³/mol. The lowest BCUT2D eigenvalue weighted by molar-refractivity contribution is -0.148. The highest BCUT2D eigenvalue weighted by atomic mass is 35.5. The molecule has 2 fully saturated rings. The van der Waals surface area contributed by atoms with Crippen LogP contribution in [0, 0.1) is 0 Å². The highest BCUT2D eigenvalue weighted by Crippen LogP contribution is 2.28. The molecule has 3 rings (SSSR count). The first-order valence-electron chi connectivity index (χ1n) is 9.84. The summed E-state index contributed by atoms with van der Waals surface area (Å²) in [7, 11) is -2.41. The average Bonchev–Trinajstić information content (AvgIpc) is 3.32. The molecule has 0 radical (unpaired) electrons. The van der Waals surface area contributed by atoms with E-state index in [1.54, 1.807) is 24.0 Å². The van der Waals surface area contributed by atoms with Crippen LogP contribution in [0.2, 0.25) is 4.34 Å². The van der Waals surface area contributed by atoms with Crippen molar-refractivity contribution in [2.45, 2.75) is 25.4 Å². The lowest BCUT2D eigenvalue weighted by atomic mass is 10.2. The van der Waals surface area contributed by atoms with Crippen LogP contribution in [-0.2, 0) is 29.1 Å². The second-order valence-corrected chi connectivity index (χ2v) is 10.6. The van der Waals surface area contributed by atoms with Gasteiger partial charge < -0.3 is 19.3 Å². The standard InChI is InChI=1S/C19H26ClN3O6S2/c1-13(16-3-4-17(20)30-16)12-31(26,27)21-14-5-6-23(18(14)24)15(11-28-2)19(25)22-7-9-29-10-8-22/h3-4,12,14-15,21H,5-11H2,1-2H3/b13-12-/t14-,15-/m0/s1. The van der Waals surface area contributed by atoms with Gasteiger partial charge in [0.2, 0.25) is 21.8 Å². The summed E-state index contributed by atoms with van der Waals surface area (Å²) >= 11 is 7.18. The van der Waals surface area contributed by atoms with Gasteiger partial charge in [0.15, 0.2) is 0 Å². The number of allylic oxidation sites excluding steroid dienone is 1. The van der Waals surface area contributed by atoms with E-state index in [2.05, 4.69) is 4.72 Å². The number of sulfonamides is 1. The molecule has 2 aliphatic heterocycles. The van der Waals surface area contributed by atoms with Gasteiger partial charge in [-0.15, -0.1) is 11.3 Å². The number of thiophene rings is 1. The van der Waals surface area contributed by atoms with Gasteiger partial charge in [-0.1, -0.05) is 11.6 Å². The molecule has 0 saturated carbocycles. The highest BCUT2D eigenvalue weighted by Gasteiger charge is 2.41. The summed E-state index contributed by atoms with van der Waals surface area (Å²) in [6.07, 6.45) is 0.270. The van der Waals surface area contributed by atoms with Crippen molar-refractivity contribution in [3.8, 4) is 0 Å². The summed E-state index contributed by atoms with van der Waals surface area (Å²) in [5, 5.41) is 1.09. The van der Waals surface area contributed by atoms with Crippen LogP contribution >= 0.6 is 22.9 Å². The summed E-state index contributed by atoms with van der Waals surface area (Å²) in [4.78, 5) is 29.7. The molecular weight excluding hydrogens is 466 g/mol. The molecule has 3 heterocycles. The quantitative estimate of drug-likeness (QED) is 0.585. The van der Waals surface area contributed by atoms with E-state index >= 15 is 0 Å². The minimum Gasteiger partial charge on any atom is -0.382 e. The van der Waals surface area contributed by atoms with Crippen LogP contribution < -0.4 is 4.72 Å². The van der Waals surface area contributed by atoms with E-state index in [1.807, 2.05) is 0 Å². The Morgan fingerprint density at radius 1 is 1.39 bits per heavy atom. The number of halogens is 1. The molecule has 0 unspecified atom stereocenters. The van der Waals surface area contributed by atoms with Crippen LogP contribution in [0.3, 0.4) is 0 Å². The Morgan fingerprint density at radius 3 is 2.71 bits per heavy atom. The molecule has 0 aromatic carbocycles. The lowest BCUT2D eigenvalue weighted by Crippen LogP contribution is -2.55. The SMILES string of the molecule is COC[C@@H](C(=O)N1CCOCC1)N1CC[C@H](NS(=O)(=O)/C=C(/C)c2ccc(Cl)s2)C1=O. The fourth-order valence-corrected chi connectivity index (χ4v) is 5.98. The molecular formula is C19H26ClN3O6S2. The fraction of sp³-hybridized carbons (Fsp3) is 0.579. The molecule has 0 spiro atoms. The third-order valence-electron chi connectivity index (χ3n) is 5.15. The lowest BCUT2D eigenvalue weighted by Gasteiger charge is -2.34. The first-order chi connectivity index (χ1) is 14.7. The molecule has 2 amide bonds. The second kappa shape index (κ2) is 10.4. The molecule has 0 aliphatic carbocycles. The Bertz CT molecular complexity index is 942. The molecule has 1 N–H and O–H groups in total. The number of likely N-dealkylation sites (tertiary alicyclic amines) is 1. The summed E-state index contributed by atoms with van der Waals surface area (Å²) in [5.74, 6) is -0.648. The van der Waals surface area contributed by atoms with Crippen molar-refractivity contribution in [3.05, 3.63) is 26.8 Å². The van der Waals surface area contributed by atoms with E-state index in [0.29, 0.717) is 36.2 Å². The number of ether oxygens (including phenoxy) is 2. The van der Waals surface area contributed by atoms with E-state index in [-0.39, 0.29) is 25.5 Å². The van der Waals surface area contributed by atoms with Gasteiger partial charge in [-0.05, 0) is 31.1 Å². The van der Waals surface area contributed by atoms with Gasteiger partial charge in [0, 0.05) is 31.6 Å². The monoisotopic (exact) mass is 491 g/mol. The third kappa shape index (κ3) is 6.05. The van der Waals surface area contributed by atoms with Crippen LogP contribution in [0.15, 0.2) is 17.5 Å². The van der Waals surface area contributed by atoms with Crippen LogP contribution in [0.25, 0.3) is 5.57 Å². The minimum atomic E-state index is -3.88. The number of hydrogen-bond acceptors (Lipinski definition) is 7. The van der Waals surface area contributed by atoms with Crippen LogP contribution in [0.4, 0.5) is 0 Å². The van der Waals surface area contributed by atoms with Gasteiger partial charge in [-0.2, -0.15) is 4.72 Å². The van der Waals surface area contributed by atoms with E-state index in [4.69, 9.17) is 21.1 Å². The molecule has 2 atom stereocenters. The molecule has 9 nitrogen and oxygen atoms in total. The van der Waals surface area contributed by atoms with E-state index in [1.165, 1.54) is 23.3 Å². The number of amides is 2. The fourth-order valence-electron chi connectivity index (χ4n) is 3.62. The first-order valence-corrected chi connectivity index (χ1v) is 12.6. The van der Waals surface area contributed by atoms with E-state index in [9.17, 15) is 18.0 Å². The Balaban J connectivity index is 1.69. The number of rotatable bonds is 8. The van der Waals surface area contributed by atoms with Crippen molar-refractivity contribution in [3.63, 3.8) is 0 Å². The molecule has 2 saturated heterocycles. The van der Waals surface area contributed by atoms with Gasteiger partial charge in [0.1, 0.15) is 12.1 Å². The van der Waals surface area contributed by atoms with Crippen LogP contribution in [0.5, 0.6) is 0 Å². The third-order valence-corrected chi connectivity index (χ3v) is 7.79. The zero-order chi connectivity index (χ0) is 22.6. The molecule has 12 heteroatoms. The number of carbonyl (C=O) groups is 2. The predicted octanol–water partition coefficient (Wildman–Crippen LogP) is 1.16. The summed E-state index contributed by atoms with van der Waals surface area (Å²) in [6.45, 7) is 3.77. The smallest absolute Gasteiger partial charge is 0.247 e. The number of morpholine rings is 1. The first kappa shape index (κ1) is 24.1. The van der Waals surface area contributed by atoms with Crippen molar-refractivity contribution >= 4 is 50.3 Å². The van der Waals surface area contributed by atoms with Crippen molar-refractivity contribution < 1.29 is 27.5 Å². The summed E-state index contributed by atoms with van der Waals surface area (Å²) in [5.41, 5.74) is 0.520. The van der Waals surface area contributed by atoms with Crippen LogP contribution in [-0.4, -0.2) is 88.7 Å². The Labute approximate surface area is 191 Å². The number of nitrogens with one attached hydrogen (secondary N) is 1. The molecule has 1 aromatic rings. The largest absolute Gasteiger partial charge is 0.382 e. The maximum Gasteiger partial charge on any atom is 0.247 e. The molecule has 1 aromatic heterocycles. The number of carbonyl (C=O) groups excluding carboxylic acids is 2. The summed E-state index contributed by atoms with van der Waals surface area (Å²) < 4.78 is 38.7. The maximum atomic E-state index is 13.0. The molecule has 2 aliphatic rings. The maximum absolute atomic E-state index is 13.0. The second-order valence-electron chi connectivity index (χ2n) is 7.35. The zero-order valence-electron chi connectivity index (χ0n) is 17.4. The molecule has 0 bridgehead atoms. The number of hydrogen-bond donors (Lipinski definition) is 1. The Morgan fingerprint density at radius 2 is 2.10 bits per heavy atom. The van der Waals surface area contributed by atoms with Gasteiger partial charge in [-0.25, -0.2) is 8.42 Å². The van der Waals surface area contributed by atoms with Gasteiger partial charge in [0.05, 0.1) is 29.6 Å². The normalized spacial score (nSPS) is 21.6. The van der Waals surface area contributed by atoms with E-state index < -0.39 is 28.0 Å². The Hall–Kier alpha value is -1.50. The number of methoxy groups -OCH3 is 1. The van der Waals surface area contributed by atoms with Gasteiger partial charge in [0.25, 0.3) is 0 Å². The zero-order valence-corrected chi connectivity index (χ0v) is 19.8. The van der Waals surface area contributed by atoms with Crippen molar-refractivity contribution in [2.24, 2.45) is 0 Å². The molecule has 31 heavy (non-hydrogen) atoms. The van der Waals surface area contributed by atoms with Crippen molar-refractivity contribution in [2.75, 3.05) is 46.6 Å². The minimum absolute atomic E-state index is 0.0412. The molecule has 172 valence electrons. The van der Waals surface area contributed by atoms with Crippen molar-refractivity contribution in [1.29, 1.82) is 0 Å². The van der Waals surface area contributed by atoms with Gasteiger partial charge in [-0.3, -0.25) is 9.59 Å².